The standard InChI is InChI=1S/C19H29NO5/c1-19(2,3)25-18(22)20-16-9-15(11-21)17(10-16)24-13-23-12-14-7-5-4-6-8-14/h4-8,15-17,21H,9-13H2,1-3H3,(H,20,22)/t15-,16-,17-/m1/s1. The first kappa shape index (κ1) is 19.7. The zero-order chi connectivity index (χ0) is 18.3. The number of hydrogen-bond donors (Lipinski definition) is 2. The first-order chi connectivity index (χ1) is 11.9. The van der Waals surface area contributed by atoms with E-state index in [1.54, 1.807) is 0 Å². The van der Waals surface area contributed by atoms with Gasteiger partial charge in [-0.15, -0.1) is 0 Å². The van der Waals surface area contributed by atoms with Crippen LogP contribution >= 0.6 is 0 Å². The van der Waals surface area contributed by atoms with Gasteiger partial charge in [-0.1, -0.05) is 30.3 Å². The van der Waals surface area contributed by atoms with Crippen molar-refractivity contribution in [3.8, 4) is 0 Å². The average molecular weight is 351 g/mol. The highest BCUT2D eigenvalue weighted by atomic mass is 16.7. The molecule has 0 aliphatic heterocycles. The third kappa shape index (κ3) is 7.02. The number of carbonyl (C=O) groups excluding carboxylic acids is 1. The van der Waals surface area contributed by atoms with E-state index in [2.05, 4.69) is 5.32 Å². The fourth-order valence-corrected chi connectivity index (χ4v) is 2.94. The van der Waals surface area contributed by atoms with Gasteiger partial charge in [-0.2, -0.15) is 0 Å². The lowest BCUT2D eigenvalue weighted by atomic mass is 10.1. The third-order valence-corrected chi connectivity index (χ3v) is 4.06. The Morgan fingerprint density at radius 3 is 2.60 bits per heavy atom. The van der Waals surface area contributed by atoms with Gasteiger partial charge in [0.25, 0.3) is 0 Å². The van der Waals surface area contributed by atoms with Gasteiger partial charge in [0.05, 0.1) is 12.7 Å². The zero-order valence-corrected chi connectivity index (χ0v) is 15.2. The molecule has 0 saturated heterocycles. The summed E-state index contributed by atoms with van der Waals surface area (Å²) < 4.78 is 16.6. The predicted molar refractivity (Wildman–Crippen MR) is 93.9 cm³/mol. The van der Waals surface area contributed by atoms with E-state index in [1.165, 1.54) is 0 Å². The Kier molecular flexibility index (Phi) is 7.23. The Balaban J connectivity index is 1.72. The summed E-state index contributed by atoms with van der Waals surface area (Å²) in [5, 5.41) is 12.4. The van der Waals surface area contributed by atoms with Crippen molar-refractivity contribution in [2.75, 3.05) is 13.4 Å². The number of aliphatic hydroxyl groups is 1. The lowest BCUT2D eigenvalue weighted by Crippen LogP contribution is -2.38. The van der Waals surface area contributed by atoms with E-state index in [9.17, 15) is 9.90 Å². The van der Waals surface area contributed by atoms with Crippen molar-refractivity contribution >= 4 is 6.09 Å². The van der Waals surface area contributed by atoms with E-state index in [1.807, 2.05) is 51.1 Å². The number of rotatable bonds is 7. The smallest absolute Gasteiger partial charge is 0.407 e. The molecule has 1 aliphatic rings. The molecule has 140 valence electrons. The van der Waals surface area contributed by atoms with Crippen molar-refractivity contribution in [3.63, 3.8) is 0 Å². The SMILES string of the molecule is CC(C)(C)OC(=O)N[C@@H]1C[C@H](CO)[C@H](OCOCc2ccccc2)C1. The Morgan fingerprint density at radius 1 is 1.24 bits per heavy atom. The molecule has 1 saturated carbocycles. The molecule has 6 heteroatoms. The second kappa shape index (κ2) is 9.17. The number of alkyl carbamates (subject to hydrolysis) is 1. The topological polar surface area (TPSA) is 77.0 Å². The van der Waals surface area contributed by atoms with E-state index >= 15 is 0 Å². The molecule has 0 aromatic heterocycles. The van der Waals surface area contributed by atoms with Gasteiger partial charge in [0, 0.05) is 18.6 Å². The normalized spacial score (nSPS) is 23.4. The fraction of sp³-hybridized carbons (Fsp3) is 0.632. The van der Waals surface area contributed by atoms with E-state index in [0.29, 0.717) is 19.4 Å². The van der Waals surface area contributed by atoms with Gasteiger partial charge in [-0.25, -0.2) is 4.79 Å². The summed E-state index contributed by atoms with van der Waals surface area (Å²) >= 11 is 0. The third-order valence-electron chi connectivity index (χ3n) is 4.06. The van der Waals surface area contributed by atoms with Gasteiger partial charge in [0.2, 0.25) is 0 Å². The maximum atomic E-state index is 11.9. The molecule has 1 aliphatic carbocycles. The van der Waals surface area contributed by atoms with Crippen molar-refractivity contribution in [2.24, 2.45) is 5.92 Å². The van der Waals surface area contributed by atoms with Crippen LogP contribution in [0.25, 0.3) is 0 Å². The summed E-state index contributed by atoms with van der Waals surface area (Å²) in [6.07, 6.45) is 0.731. The van der Waals surface area contributed by atoms with Crippen LogP contribution in [-0.4, -0.2) is 42.3 Å². The lowest BCUT2D eigenvalue weighted by Gasteiger charge is -2.21. The predicted octanol–water partition coefficient (Wildman–Crippen LogP) is 2.84. The number of nitrogens with one attached hydrogen (secondary N) is 1. The van der Waals surface area contributed by atoms with Crippen LogP contribution in [0.2, 0.25) is 0 Å². The molecular weight excluding hydrogens is 322 g/mol. The van der Waals surface area contributed by atoms with Crippen LogP contribution in [0, 0.1) is 5.92 Å². The molecule has 2 rings (SSSR count). The second-order valence-corrected chi connectivity index (χ2v) is 7.41. The highest BCUT2D eigenvalue weighted by Crippen LogP contribution is 2.29. The summed E-state index contributed by atoms with van der Waals surface area (Å²) in [5.41, 5.74) is 0.556. The molecule has 1 aromatic carbocycles. The molecule has 0 spiro atoms. The van der Waals surface area contributed by atoms with Gasteiger partial charge in [-0.05, 0) is 39.2 Å². The number of hydrogen-bond acceptors (Lipinski definition) is 5. The monoisotopic (exact) mass is 351 g/mol. The molecule has 0 bridgehead atoms. The Hall–Kier alpha value is -1.63. The number of amides is 1. The van der Waals surface area contributed by atoms with Crippen LogP contribution < -0.4 is 5.32 Å². The number of carbonyl (C=O) groups is 1. The molecule has 25 heavy (non-hydrogen) atoms. The van der Waals surface area contributed by atoms with Gasteiger partial charge in [-0.3, -0.25) is 0 Å². The van der Waals surface area contributed by atoms with Gasteiger partial charge >= 0.3 is 6.09 Å². The van der Waals surface area contributed by atoms with Crippen LogP contribution in [0.4, 0.5) is 4.79 Å². The summed E-state index contributed by atoms with van der Waals surface area (Å²) in [7, 11) is 0. The van der Waals surface area contributed by atoms with Crippen molar-refractivity contribution in [1.82, 2.24) is 5.32 Å². The van der Waals surface area contributed by atoms with Crippen LogP contribution in [-0.2, 0) is 20.8 Å². The average Bonchev–Trinajstić information content (AvgIpc) is 2.92. The molecule has 3 atom stereocenters. The minimum atomic E-state index is -0.528. The Bertz CT molecular complexity index is 528. The van der Waals surface area contributed by atoms with Crippen LogP contribution in [0.15, 0.2) is 30.3 Å². The van der Waals surface area contributed by atoms with Crippen molar-refractivity contribution < 1.29 is 24.1 Å². The summed E-state index contributed by atoms with van der Waals surface area (Å²) in [4.78, 5) is 11.9. The second-order valence-electron chi connectivity index (χ2n) is 7.41. The van der Waals surface area contributed by atoms with E-state index in [4.69, 9.17) is 14.2 Å². The van der Waals surface area contributed by atoms with Crippen molar-refractivity contribution in [3.05, 3.63) is 35.9 Å². The number of benzene rings is 1. The highest BCUT2D eigenvalue weighted by molar-refractivity contribution is 5.68. The minimum absolute atomic E-state index is 0.0136. The van der Waals surface area contributed by atoms with Crippen molar-refractivity contribution in [2.45, 2.75) is 58.0 Å². The summed E-state index contributed by atoms with van der Waals surface area (Å²) in [6, 6.07) is 9.81. The molecule has 0 unspecified atom stereocenters. The molecule has 1 aromatic rings. The molecule has 0 radical (unpaired) electrons. The summed E-state index contributed by atoms with van der Waals surface area (Å²) in [5.74, 6) is -0.0136. The van der Waals surface area contributed by atoms with Gasteiger partial charge in [0.15, 0.2) is 0 Å². The molecule has 1 amide bonds. The van der Waals surface area contributed by atoms with Gasteiger partial charge in [0.1, 0.15) is 12.4 Å². The molecular formula is C19H29NO5. The van der Waals surface area contributed by atoms with Crippen LogP contribution in [0.1, 0.15) is 39.2 Å². The molecule has 0 heterocycles. The molecule has 1 fully saturated rings. The number of ether oxygens (including phenoxy) is 3. The van der Waals surface area contributed by atoms with Gasteiger partial charge < -0.3 is 24.6 Å². The van der Waals surface area contributed by atoms with Crippen LogP contribution in [0.3, 0.4) is 0 Å². The first-order valence-electron chi connectivity index (χ1n) is 8.71. The van der Waals surface area contributed by atoms with E-state index in [-0.39, 0.29) is 31.5 Å². The molecule has 2 N–H and O–H groups in total. The Morgan fingerprint density at radius 2 is 1.96 bits per heavy atom. The minimum Gasteiger partial charge on any atom is -0.444 e. The van der Waals surface area contributed by atoms with Crippen molar-refractivity contribution in [1.29, 1.82) is 0 Å². The Labute approximate surface area is 149 Å². The maximum Gasteiger partial charge on any atom is 0.407 e. The zero-order valence-electron chi connectivity index (χ0n) is 15.2. The molecule has 6 nitrogen and oxygen atoms in total. The van der Waals surface area contributed by atoms with E-state index in [0.717, 1.165) is 5.56 Å². The fourth-order valence-electron chi connectivity index (χ4n) is 2.94. The quantitative estimate of drug-likeness (QED) is 0.583. The largest absolute Gasteiger partial charge is 0.444 e. The summed E-state index contributed by atoms with van der Waals surface area (Å²) in [6.45, 7) is 6.15. The van der Waals surface area contributed by atoms with E-state index < -0.39 is 11.7 Å². The highest BCUT2D eigenvalue weighted by Gasteiger charge is 2.36. The first-order valence-corrected chi connectivity index (χ1v) is 8.71. The number of aliphatic hydroxyl groups excluding tert-OH is 1. The lowest BCUT2D eigenvalue weighted by molar-refractivity contribution is -0.110. The maximum absolute atomic E-state index is 11.9. The van der Waals surface area contributed by atoms with Crippen LogP contribution in [0.5, 0.6) is 0 Å².